The van der Waals surface area contributed by atoms with Crippen LogP contribution in [0, 0.1) is 14.8 Å². The van der Waals surface area contributed by atoms with E-state index in [1.54, 1.807) is 18.5 Å². The fourth-order valence-corrected chi connectivity index (χ4v) is 8.49. The monoisotopic (exact) mass is 490 g/mol. The molecule has 2 heterocycles. The molecule has 3 aromatic rings. The van der Waals surface area contributed by atoms with Gasteiger partial charge in [-0.25, -0.2) is 0 Å². The summed E-state index contributed by atoms with van der Waals surface area (Å²) in [6.07, 6.45) is 1.72. The number of nitrogens with zero attached hydrogens (tertiary/aromatic N) is 4. The first-order valence-corrected chi connectivity index (χ1v) is 11.6. The van der Waals surface area contributed by atoms with E-state index in [0.717, 1.165) is 8.59 Å². The number of H-pyrrole nitrogens is 1. The first-order chi connectivity index (χ1) is 10.0. The first-order valence-electron chi connectivity index (χ1n) is 5.98. The van der Waals surface area contributed by atoms with Crippen molar-refractivity contribution in [2.75, 3.05) is 5.73 Å². The summed E-state index contributed by atoms with van der Waals surface area (Å²) >= 11 is 3.46. The molecule has 0 aliphatic carbocycles. The van der Waals surface area contributed by atoms with Crippen molar-refractivity contribution in [3.05, 3.63) is 45.3 Å². The Morgan fingerprint density at radius 2 is 2.10 bits per heavy atom. The molecule has 0 amide bonds. The predicted octanol–water partition coefficient (Wildman–Crippen LogP) is 1.15. The van der Waals surface area contributed by atoms with Crippen LogP contribution in [-0.4, -0.2) is 22.2 Å². The molecule has 0 saturated heterocycles. The average molecular weight is 489 g/mol. The number of hydrogen-bond donors (Lipinski definition) is 2. The van der Waals surface area contributed by atoms with Gasteiger partial charge in [0.2, 0.25) is 0 Å². The zero-order chi connectivity index (χ0) is 15.0. The maximum absolute atomic E-state index is 10.7. The molecular weight excluding hydrogens is 481 g/mol. The van der Waals surface area contributed by atoms with Crippen LogP contribution in [0.5, 0.6) is 0 Å². The molecule has 0 saturated carbocycles. The number of non-ortho nitro benzene ring substituents is 1. The number of aromatic nitrogens is 4. The fraction of sp³-hybridized carbons (Fsp3) is 0. The van der Waals surface area contributed by atoms with Crippen molar-refractivity contribution in [2.45, 2.75) is 0 Å². The maximum atomic E-state index is 10.7. The SMILES string of the molecule is Nc1nc(=S)c2c(nc[n]2[Hg][c]2ccc([N+](=O)[O-])cc2)[nH]1. The molecule has 0 fully saturated rings. The first kappa shape index (κ1) is 14.1. The minimum atomic E-state index is -1.77. The molecule has 0 spiro atoms. The van der Waals surface area contributed by atoms with Crippen LogP contribution < -0.4 is 8.81 Å². The van der Waals surface area contributed by atoms with Crippen LogP contribution in [0.2, 0.25) is 0 Å². The number of nitrogens with one attached hydrogen (secondary N) is 1. The van der Waals surface area contributed by atoms with Crippen molar-refractivity contribution in [1.29, 1.82) is 0 Å². The number of fused-ring (bicyclic) bond motifs is 1. The zero-order valence-electron chi connectivity index (χ0n) is 10.7. The number of nitrogen functional groups attached to an aromatic ring is 1. The Balaban J connectivity index is 1.98. The summed E-state index contributed by atoms with van der Waals surface area (Å²) in [6, 6.07) is 6.63. The van der Waals surface area contributed by atoms with Gasteiger partial charge in [-0.3, -0.25) is 0 Å². The Kier molecular flexibility index (Phi) is 3.68. The molecule has 0 aliphatic rings. The van der Waals surface area contributed by atoms with Gasteiger partial charge in [0, 0.05) is 0 Å². The van der Waals surface area contributed by atoms with E-state index in [1.807, 2.05) is 2.33 Å². The second-order valence-electron chi connectivity index (χ2n) is 4.42. The Bertz CT molecular complexity index is 888. The van der Waals surface area contributed by atoms with Crippen molar-refractivity contribution in [2.24, 2.45) is 0 Å². The standard InChI is InChI=1S/C6H4NO2.C5H5N5S.Hg/c8-7(9)6-4-2-1-3-5-6;6-5-9-3-2(4(11)10-5)7-1-8-3;/h2-5H;1H,(H4,6,7,8,9,10,11);/q;;+1/p-1. The molecule has 102 valence electrons. The van der Waals surface area contributed by atoms with Gasteiger partial charge in [-0.1, -0.05) is 0 Å². The third-order valence-electron chi connectivity index (χ3n) is 3.01. The van der Waals surface area contributed by atoms with Gasteiger partial charge in [-0.05, 0) is 0 Å². The molecule has 0 atom stereocenters. The summed E-state index contributed by atoms with van der Waals surface area (Å²) in [7, 11) is 0. The third-order valence-corrected chi connectivity index (χ3v) is 9.73. The summed E-state index contributed by atoms with van der Waals surface area (Å²) in [5.74, 6) is 0.241. The molecule has 0 bridgehead atoms. The van der Waals surface area contributed by atoms with Gasteiger partial charge in [-0.2, -0.15) is 0 Å². The van der Waals surface area contributed by atoms with Gasteiger partial charge in [0.05, 0.1) is 0 Å². The van der Waals surface area contributed by atoms with Gasteiger partial charge in [0.25, 0.3) is 0 Å². The Labute approximate surface area is 136 Å². The molecule has 10 heteroatoms. The van der Waals surface area contributed by atoms with E-state index >= 15 is 0 Å². The molecule has 0 unspecified atom stereocenters. The van der Waals surface area contributed by atoms with Crippen LogP contribution in [-0.2, 0) is 24.9 Å². The number of nitro groups is 1. The van der Waals surface area contributed by atoms with Crippen molar-refractivity contribution in [3.63, 3.8) is 0 Å². The Morgan fingerprint density at radius 3 is 2.76 bits per heavy atom. The second kappa shape index (κ2) is 5.49. The van der Waals surface area contributed by atoms with Gasteiger partial charge >= 0.3 is 136 Å². The van der Waals surface area contributed by atoms with Crippen molar-refractivity contribution in [1.82, 2.24) is 17.3 Å². The Morgan fingerprint density at radius 1 is 1.38 bits per heavy atom. The van der Waals surface area contributed by atoms with E-state index in [4.69, 9.17) is 18.0 Å². The number of rotatable bonds is 3. The summed E-state index contributed by atoms with van der Waals surface area (Å²) in [4.78, 5) is 21.4. The molecule has 0 aliphatic heterocycles. The summed E-state index contributed by atoms with van der Waals surface area (Å²) in [5, 5.41) is 10.7. The van der Waals surface area contributed by atoms with Crippen LogP contribution in [0.15, 0.2) is 30.6 Å². The number of nitro benzene ring substituents is 1. The number of aromatic amines is 1. The fourth-order valence-electron chi connectivity index (χ4n) is 2.05. The van der Waals surface area contributed by atoms with Crippen LogP contribution >= 0.6 is 12.2 Å². The van der Waals surface area contributed by atoms with Crippen molar-refractivity contribution < 1.29 is 29.8 Å². The number of nitrogens with two attached hydrogens (primary N) is 1. The molecule has 21 heavy (non-hydrogen) atoms. The molecule has 2 aromatic heterocycles. The average Bonchev–Trinajstić information content (AvgIpc) is 2.82. The number of imidazole rings is 1. The van der Waals surface area contributed by atoms with Crippen LogP contribution in [0.3, 0.4) is 0 Å². The van der Waals surface area contributed by atoms with E-state index in [9.17, 15) is 10.1 Å². The number of hydrogen-bond acceptors (Lipinski definition) is 6. The quantitative estimate of drug-likeness (QED) is 0.247. The molecule has 0 radical (unpaired) electrons. The van der Waals surface area contributed by atoms with Crippen molar-refractivity contribution >= 4 is 38.1 Å². The molecule has 8 nitrogen and oxygen atoms in total. The molecular formula is C11H8HgN6O2S. The summed E-state index contributed by atoms with van der Waals surface area (Å²) in [6.45, 7) is 0. The summed E-state index contributed by atoms with van der Waals surface area (Å²) in [5.41, 5.74) is 7.09. The van der Waals surface area contributed by atoms with Crippen LogP contribution in [0.4, 0.5) is 11.6 Å². The van der Waals surface area contributed by atoms with Gasteiger partial charge in [0.15, 0.2) is 0 Å². The van der Waals surface area contributed by atoms with E-state index in [-0.39, 0.29) is 11.6 Å². The van der Waals surface area contributed by atoms with Crippen molar-refractivity contribution in [3.8, 4) is 0 Å². The van der Waals surface area contributed by atoms with Gasteiger partial charge in [0.1, 0.15) is 0 Å². The van der Waals surface area contributed by atoms with Gasteiger partial charge in [-0.15, -0.1) is 0 Å². The molecule has 3 N–H and O–H groups in total. The van der Waals surface area contributed by atoms with E-state index in [1.165, 1.54) is 12.1 Å². The van der Waals surface area contributed by atoms with E-state index in [0.29, 0.717) is 10.3 Å². The zero-order valence-corrected chi connectivity index (χ0v) is 17.0. The minimum absolute atomic E-state index is 0.0920. The topological polar surface area (TPSA) is 116 Å². The summed E-state index contributed by atoms with van der Waals surface area (Å²) < 4.78 is 3.58. The van der Waals surface area contributed by atoms with E-state index < -0.39 is 29.8 Å². The predicted molar refractivity (Wildman–Crippen MR) is 75.3 cm³/mol. The third kappa shape index (κ3) is 2.79. The van der Waals surface area contributed by atoms with Gasteiger partial charge < -0.3 is 0 Å². The normalized spacial score (nSPS) is 10.5. The van der Waals surface area contributed by atoms with Crippen LogP contribution in [0.25, 0.3) is 11.2 Å². The number of benzene rings is 1. The number of anilines is 1. The Hall–Kier alpha value is -1.87. The van der Waals surface area contributed by atoms with Crippen LogP contribution in [0.1, 0.15) is 0 Å². The van der Waals surface area contributed by atoms with E-state index in [2.05, 4.69) is 15.0 Å². The molecule has 3 rings (SSSR count). The molecule has 1 aromatic carbocycles. The second-order valence-corrected chi connectivity index (χ2v) is 11.9.